The van der Waals surface area contributed by atoms with Crippen LogP contribution in [0.1, 0.15) is 42.6 Å². The molecule has 2 atom stereocenters. The number of piperidine rings is 2. The van der Waals surface area contributed by atoms with E-state index in [4.69, 9.17) is 4.74 Å². The molecular formula is C19H28N4O3S. The average Bonchev–Trinajstić information content (AvgIpc) is 3.22. The first-order chi connectivity index (χ1) is 13.1. The standard InChI is InChI=1S/C19H28N4O3S/c1-22-8-6-19(18(25)21-14-3-9-26-10-4-14)5-2-7-23(16(19)11-22)17(24)15-12-27-13-20-15/h12-14,16H,2-11H2,1H3,(H,21,25)/t16-,19+/m0/s1. The van der Waals surface area contributed by atoms with Crippen molar-refractivity contribution in [3.8, 4) is 0 Å². The molecule has 3 aliphatic rings. The molecule has 27 heavy (non-hydrogen) atoms. The number of hydrogen-bond acceptors (Lipinski definition) is 6. The highest BCUT2D eigenvalue weighted by Crippen LogP contribution is 2.43. The number of fused-ring (bicyclic) bond motifs is 1. The van der Waals surface area contributed by atoms with Gasteiger partial charge in [0.05, 0.1) is 17.0 Å². The number of nitrogens with zero attached hydrogens (tertiary/aromatic N) is 3. The molecule has 4 heterocycles. The number of aromatic nitrogens is 1. The van der Waals surface area contributed by atoms with Gasteiger partial charge in [-0.05, 0) is 45.7 Å². The first-order valence-electron chi connectivity index (χ1n) is 9.86. The molecule has 3 saturated heterocycles. The quantitative estimate of drug-likeness (QED) is 0.841. The van der Waals surface area contributed by atoms with Gasteiger partial charge in [-0.1, -0.05) is 0 Å². The number of likely N-dealkylation sites (tertiary alicyclic amines) is 2. The number of nitrogens with one attached hydrogen (secondary N) is 1. The molecule has 148 valence electrons. The lowest BCUT2D eigenvalue weighted by Gasteiger charge is -2.53. The Hall–Kier alpha value is -1.51. The van der Waals surface area contributed by atoms with Crippen molar-refractivity contribution in [3.05, 3.63) is 16.6 Å². The first kappa shape index (κ1) is 18.8. The molecule has 0 radical (unpaired) electrons. The van der Waals surface area contributed by atoms with Gasteiger partial charge in [0, 0.05) is 37.7 Å². The van der Waals surface area contributed by atoms with Crippen LogP contribution < -0.4 is 5.32 Å². The summed E-state index contributed by atoms with van der Waals surface area (Å²) >= 11 is 1.43. The van der Waals surface area contributed by atoms with Gasteiger partial charge in [0.15, 0.2) is 0 Å². The molecule has 4 rings (SSSR count). The summed E-state index contributed by atoms with van der Waals surface area (Å²) in [5.74, 6) is 0.0859. The summed E-state index contributed by atoms with van der Waals surface area (Å²) in [6.45, 7) is 3.73. The minimum Gasteiger partial charge on any atom is -0.381 e. The van der Waals surface area contributed by atoms with E-state index in [0.29, 0.717) is 25.5 Å². The number of rotatable bonds is 3. The maximum absolute atomic E-state index is 13.5. The summed E-state index contributed by atoms with van der Waals surface area (Å²) in [6, 6.07) is 0.0876. The predicted octanol–water partition coefficient (Wildman–Crippen LogP) is 1.36. The molecule has 8 heteroatoms. The van der Waals surface area contributed by atoms with Crippen molar-refractivity contribution >= 4 is 23.2 Å². The van der Waals surface area contributed by atoms with Crippen LogP contribution in [0.3, 0.4) is 0 Å². The summed E-state index contributed by atoms with van der Waals surface area (Å²) in [5.41, 5.74) is 1.69. The molecule has 3 aliphatic heterocycles. The van der Waals surface area contributed by atoms with Crippen molar-refractivity contribution < 1.29 is 14.3 Å². The lowest BCUT2D eigenvalue weighted by atomic mass is 9.67. The summed E-state index contributed by atoms with van der Waals surface area (Å²) < 4.78 is 5.42. The van der Waals surface area contributed by atoms with E-state index in [1.807, 2.05) is 4.90 Å². The number of hydrogen-bond donors (Lipinski definition) is 1. The number of carbonyl (C=O) groups is 2. The van der Waals surface area contributed by atoms with Crippen LogP contribution in [0, 0.1) is 5.41 Å². The highest BCUT2D eigenvalue weighted by Gasteiger charge is 2.53. The maximum atomic E-state index is 13.5. The summed E-state index contributed by atoms with van der Waals surface area (Å²) in [6.07, 6.45) is 4.24. The highest BCUT2D eigenvalue weighted by atomic mass is 32.1. The van der Waals surface area contributed by atoms with Crippen LogP contribution >= 0.6 is 11.3 Å². The van der Waals surface area contributed by atoms with Gasteiger partial charge in [0.2, 0.25) is 5.91 Å². The van der Waals surface area contributed by atoms with Gasteiger partial charge >= 0.3 is 0 Å². The molecule has 0 aromatic carbocycles. The second-order valence-corrected chi connectivity index (χ2v) is 8.74. The third kappa shape index (κ3) is 3.62. The molecule has 1 aromatic heterocycles. The molecule has 0 unspecified atom stereocenters. The highest BCUT2D eigenvalue weighted by molar-refractivity contribution is 7.07. The van der Waals surface area contributed by atoms with E-state index in [1.165, 1.54) is 11.3 Å². The smallest absolute Gasteiger partial charge is 0.273 e. The van der Waals surface area contributed by atoms with E-state index in [0.717, 1.165) is 45.2 Å². The van der Waals surface area contributed by atoms with Crippen molar-refractivity contribution in [2.75, 3.05) is 39.9 Å². The van der Waals surface area contributed by atoms with Gasteiger partial charge in [0.1, 0.15) is 5.69 Å². The lowest BCUT2D eigenvalue weighted by Crippen LogP contribution is -2.67. The van der Waals surface area contributed by atoms with E-state index < -0.39 is 5.41 Å². The minimum absolute atomic E-state index is 0.0421. The van der Waals surface area contributed by atoms with Crippen LogP contribution in [0.2, 0.25) is 0 Å². The second kappa shape index (κ2) is 7.85. The Labute approximate surface area is 164 Å². The molecule has 0 spiro atoms. The average molecular weight is 393 g/mol. The summed E-state index contributed by atoms with van der Waals surface area (Å²) in [7, 11) is 2.07. The monoisotopic (exact) mass is 392 g/mol. The Kier molecular flexibility index (Phi) is 5.48. The molecule has 1 N–H and O–H groups in total. The summed E-state index contributed by atoms with van der Waals surface area (Å²) in [4.78, 5) is 34.9. The molecular weight excluding hydrogens is 364 g/mol. The van der Waals surface area contributed by atoms with E-state index >= 15 is 0 Å². The molecule has 0 bridgehead atoms. The van der Waals surface area contributed by atoms with Gasteiger partial charge in [-0.2, -0.15) is 0 Å². The fraction of sp³-hybridized carbons (Fsp3) is 0.737. The number of amides is 2. The number of likely N-dealkylation sites (N-methyl/N-ethyl adjacent to an activating group) is 1. The van der Waals surface area contributed by atoms with Crippen LogP contribution in [-0.2, 0) is 9.53 Å². The number of carbonyl (C=O) groups excluding carboxylic acids is 2. The van der Waals surface area contributed by atoms with E-state index in [1.54, 1.807) is 10.9 Å². The van der Waals surface area contributed by atoms with Gasteiger partial charge in [-0.15, -0.1) is 11.3 Å². The van der Waals surface area contributed by atoms with Crippen LogP contribution in [0.4, 0.5) is 0 Å². The second-order valence-electron chi connectivity index (χ2n) is 8.02. The zero-order chi connectivity index (χ0) is 18.9. The number of thiazole rings is 1. The minimum atomic E-state index is -0.491. The van der Waals surface area contributed by atoms with Crippen molar-refractivity contribution in [1.82, 2.24) is 20.1 Å². The molecule has 2 amide bonds. The SMILES string of the molecule is CN1CC[C@]2(C(=O)NC3CCOCC3)CCCN(C(=O)c3cscn3)[C@H]2C1. The molecule has 0 aliphatic carbocycles. The summed E-state index contributed by atoms with van der Waals surface area (Å²) in [5, 5.41) is 5.10. The van der Waals surface area contributed by atoms with Crippen LogP contribution in [0.25, 0.3) is 0 Å². The Morgan fingerprint density at radius 3 is 2.85 bits per heavy atom. The van der Waals surface area contributed by atoms with E-state index in [2.05, 4.69) is 22.2 Å². The van der Waals surface area contributed by atoms with E-state index in [9.17, 15) is 9.59 Å². The van der Waals surface area contributed by atoms with Crippen molar-refractivity contribution in [3.63, 3.8) is 0 Å². The van der Waals surface area contributed by atoms with Crippen molar-refractivity contribution in [2.45, 2.75) is 44.2 Å². The molecule has 1 aromatic rings. The van der Waals surface area contributed by atoms with Gasteiger partial charge in [0.25, 0.3) is 5.91 Å². The van der Waals surface area contributed by atoms with Gasteiger partial charge in [-0.25, -0.2) is 4.98 Å². The van der Waals surface area contributed by atoms with Crippen LogP contribution in [0.15, 0.2) is 10.9 Å². The third-order valence-corrected chi connectivity index (χ3v) is 6.97. The fourth-order valence-electron chi connectivity index (χ4n) is 4.79. The predicted molar refractivity (Wildman–Crippen MR) is 103 cm³/mol. The lowest BCUT2D eigenvalue weighted by molar-refractivity contribution is -0.143. The molecule has 7 nitrogen and oxygen atoms in total. The Morgan fingerprint density at radius 1 is 1.30 bits per heavy atom. The van der Waals surface area contributed by atoms with Crippen molar-refractivity contribution in [1.29, 1.82) is 0 Å². The maximum Gasteiger partial charge on any atom is 0.273 e. The van der Waals surface area contributed by atoms with Crippen LogP contribution in [-0.4, -0.2) is 78.6 Å². The normalized spacial score (nSPS) is 30.0. The number of ether oxygens (including phenoxy) is 1. The largest absolute Gasteiger partial charge is 0.381 e. The van der Waals surface area contributed by atoms with Crippen LogP contribution in [0.5, 0.6) is 0 Å². The molecule has 0 saturated carbocycles. The topological polar surface area (TPSA) is 74.8 Å². The first-order valence-corrected chi connectivity index (χ1v) is 10.8. The Morgan fingerprint density at radius 2 is 2.11 bits per heavy atom. The van der Waals surface area contributed by atoms with Gasteiger partial charge in [-0.3, -0.25) is 9.59 Å². The Bertz CT molecular complexity index is 677. The van der Waals surface area contributed by atoms with Crippen molar-refractivity contribution in [2.24, 2.45) is 5.41 Å². The zero-order valence-electron chi connectivity index (χ0n) is 15.9. The molecule has 3 fully saturated rings. The van der Waals surface area contributed by atoms with Gasteiger partial charge < -0.3 is 19.9 Å². The fourth-order valence-corrected chi connectivity index (χ4v) is 5.31. The van der Waals surface area contributed by atoms with E-state index in [-0.39, 0.29) is 23.9 Å². The zero-order valence-corrected chi connectivity index (χ0v) is 16.7. The third-order valence-electron chi connectivity index (χ3n) is 6.38. The Balaban J connectivity index is 1.58.